The highest BCUT2D eigenvalue weighted by molar-refractivity contribution is 6.31. The summed E-state index contributed by atoms with van der Waals surface area (Å²) in [7, 11) is 1.60. The lowest BCUT2D eigenvalue weighted by molar-refractivity contribution is -0.135. The van der Waals surface area contributed by atoms with E-state index in [2.05, 4.69) is 9.88 Å². The van der Waals surface area contributed by atoms with Crippen LogP contribution in [0.3, 0.4) is 0 Å². The first-order valence-corrected chi connectivity index (χ1v) is 13.8. The molecule has 2 atom stereocenters. The van der Waals surface area contributed by atoms with E-state index in [9.17, 15) is 18.4 Å². The molecule has 2 fully saturated rings. The van der Waals surface area contributed by atoms with E-state index in [-0.39, 0.29) is 35.1 Å². The van der Waals surface area contributed by atoms with Crippen molar-refractivity contribution in [3.63, 3.8) is 0 Å². The van der Waals surface area contributed by atoms with Gasteiger partial charge in [-0.25, -0.2) is 18.6 Å². The van der Waals surface area contributed by atoms with Crippen molar-refractivity contribution in [2.75, 3.05) is 38.1 Å². The van der Waals surface area contributed by atoms with Crippen molar-refractivity contribution in [3.05, 3.63) is 88.0 Å². The molecular formula is C29H28Cl2F2N4O3. The van der Waals surface area contributed by atoms with E-state index in [1.54, 1.807) is 36.3 Å². The summed E-state index contributed by atoms with van der Waals surface area (Å²) in [5, 5.41) is 0.543. The molecule has 2 unspecified atom stereocenters. The molecule has 0 N–H and O–H groups in total. The van der Waals surface area contributed by atoms with Gasteiger partial charge in [-0.2, -0.15) is 0 Å². The molecule has 3 heterocycles. The normalized spacial score (nSPS) is 19.5. The topological polar surface area (TPSA) is 66.0 Å². The van der Waals surface area contributed by atoms with Crippen LogP contribution in [0.15, 0.2) is 60.8 Å². The molecule has 1 aromatic heterocycles. The summed E-state index contributed by atoms with van der Waals surface area (Å²) in [6.45, 7) is 2.00. The van der Waals surface area contributed by atoms with E-state index in [1.165, 1.54) is 35.2 Å². The van der Waals surface area contributed by atoms with Crippen LogP contribution in [0.1, 0.15) is 24.3 Å². The van der Waals surface area contributed by atoms with E-state index >= 15 is 0 Å². The molecule has 0 bridgehead atoms. The number of halogens is 4. The van der Waals surface area contributed by atoms with Crippen molar-refractivity contribution in [2.45, 2.75) is 24.8 Å². The first kappa shape index (κ1) is 28.1. The third-order valence-electron chi connectivity index (χ3n) is 7.66. The molecule has 2 aromatic carbocycles. The first-order valence-electron chi connectivity index (χ1n) is 13.0. The number of nitrogens with zero attached hydrogens (tertiary/aromatic N) is 4. The lowest BCUT2D eigenvalue weighted by atomic mass is 9.93. The second-order valence-corrected chi connectivity index (χ2v) is 11.0. The molecule has 3 aromatic rings. The van der Waals surface area contributed by atoms with Gasteiger partial charge >= 0.3 is 6.09 Å². The number of hydrogen-bond acceptors (Lipinski definition) is 5. The number of carbonyl (C=O) groups is 2. The van der Waals surface area contributed by atoms with Crippen LogP contribution in [0.5, 0.6) is 5.75 Å². The van der Waals surface area contributed by atoms with Crippen LogP contribution in [0.2, 0.25) is 10.0 Å². The fourth-order valence-electron chi connectivity index (χ4n) is 5.41. The van der Waals surface area contributed by atoms with E-state index in [4.69, 9.17) is 27.9 Å². The van der Waals surface area contributed by atoms with Crippen LogP contribution >= 0.6 is 23.2 Å². The van der Waals surface area contributed by atoms with Gasteiger partial charge in [-0.05, 0) is 66.9 Å². The van der Waals surface area contributed by atoms with Gasteiger partial charge in [-0.1, -0.05) is 29.3 Å². The summed E-state index contributed by atoms with van der Waals surface area (Å²) in [4.78, 5) is 36.4. The molecule has 0 aliphatic carbocycles. The van der Waals surface area contributed by atoms with Crippen LogP contribution in [0.4, 0.5) is 19.4 Å². The Morgan fingerprint density at radius 3 is 2.38 bits per heavy atom. The minimum absolute atomic E-state index is 0.0183. The average molecular weight is 589 g/mol. The smallest absolute Gasteiger partial charge is 0.410 e. The molecule has 5 rings (SSSR count). The summed E-state index contributed by atoms with van der Waals surface area (Å²) >= 11 is 12.0. The summed E-state index contributed by atoms with van der Waals surface area (Å²) in [5.41, 5.74) is 0.719. The molecule has 2 aliphatic heterocycles. The van der Waals surface area contributed by atoms with Gasteiger partial charge in [-0.3, -0.25) is 4.79 Å². The number of ether oxygens (including phenoxy) is 1. The maximum absolute atomic E-state index is 13.9. The summed E-state index contributed by atoms with van der Waals surface area (Å²) in [6, 6.07) is 12.8. The molecule has 0 spiro atoms. The molecule has 0 saturated carbocycles. The summed E-state index contributed by atoms with van der Waals surface area (Å²) in [5.74, 6) is -0.425. The van der Waals surface area contributed by atoms with E-state index in [1.807, 2.05) is 6.07 Å². The van der Waals surface area contributed by atoms with Crippen molar-refractivity contribution in [2.24, 2.45) is 5.92 Å². The quantitative estimate of drug-likeness (QED) is 0.365. The van der Waals surface area contributed by atoms with Gasteiger partial charge in [0.1, 0.15) is 23.2 Å². The predicted molar refractivity (Wildman–Crippen MR) is 149 cm³/mol. The monoisotopic (exact) mass is 588 g/mol. The Morgan fingerprint density at radius 1 is 1.00 bits per heavy atom. The Balaban J connectivity index is 1.30. The van der Waals surface area contributed by atoms with Crippen LogP contribution < -0.4 is 9.64 Å². The van der Waals surface area contributed by atoms with Crippen LogP contribution in [-0.2, 0) is 4.79 Å². The predicted octanol–water partition coefficient (Wildman–Crippen LogP) is 6.01. The Hall–Kier alpha value is -3.43. The molecule has 2 aliphatic rings. The zero-order valence-electron chi connectivity index (χ0n) is 21.8. The van der Waals surface area contributed by atoms with E-state index in [0.29, 0.717) is 37.5 Å². The molecule has 2 saturated heterocycles. The van der Waals surface area contributed by atoms with Crippen molar-refractivity contribution >= 4 is 41.0 Å². The van der Waals surface area contributed by atoms with Gasteiger partial charge in [0.2, 0.25) is 5.91 Å². The number of likely N-dealkylation sites (tertiary alicyclic amines) is 1. The number of pyridine rings is 1. The van der Waals surface area contributed by atoms with Gasteiger partial charge in [0.25, 0.3) is 0 Å². The Labute approximate surface area is 241 Å². The van der Waals surface area contributed by atoms with Gasteiger partial charge in [0.15, 0.2) is 0 Å². The fraction of sp³-hybridized carbons (Fsp3) is 0.345. The molecule has 40 heavy (non-hydrogen) atoms. The van der Waals surface area contributed by atoms with E-state index in [0.717, 1.165) is 11.4 Å². The number of aromatic nitrogens is 1. The minimum atomic E-state index is -0.645. The van der Waals surface area contributed by atoms with Gasteiger partial charge < -0.3 is 19.4 Å². The Morgan fingerprint density at radius 2 is 1.73 bits per heavy atom. The van der Waals surface area contributed by atoms with Gasteiger partial charge in [0, 0.05) is 51.3 Å². The standard InChI is InChI=1S/C29H28Cl2F2N4O3/c1-35(29(39)40-22-6-4-21(32)5-7-22)26-17-37(16-23(26)19-2-8-25(33)24(31)14-19)28(38)18-10-12-36(13-11-18)27-9-3-20(30)15-34-27/h2-9,14-15,18,23,26H,10-13,16-17H2,1H3. The fourth-order valence-corrected chi connectivity index (χ4v) is 5.71. The van der Waals surface area contributed by atoms with Crippen molar-refractivity contribution in [3.8, 4) is 5.75 Å². The highest BCUT2D eigenvalue weighted by atomic mass is 35.5. The average Bonchev–Trinajstić information content (AvgIpc) is 3.41. The number of carbonyl (C=O) groups excluding carboxylic acids is 2. The SMILES string of the molecule is CN(C(=O)Oc1ccc(F)cc1)C1CN(C(=O)C2CCN(c3ccc(Cl)cn3)CC2)CC1c1ccc(F)c(Cl)c1. The second-order valence-electron chi connectivity index (χ2n) is 10.1. The first-order chi connectivity index (χ1) is 19.2. The maximum Gasteiger partial charge on any atom is 0.415 e. The Bertz CT molecular complexity index is 1370. The molecule has 11 heteroatoms. The molecule has 2 amide bonds. The molecule has 210 valence electrons. The second kappa shape index (κ2) is 12.0. The summed E-state index contributed by atoms with van der Waals surface area (Å²) in [6.07, 6.45) is 2.30. The zero-order valence-corrected chi connectivity index (χ0v) is 23.3. The summed E-state index contributed by atoms with van der Waals surface area (Å²) < 4.78 is 32.7. The van der Waals surface area contributed by atoms with Crippen LogP contribution in [0.25, 0.3) is 0 Å². The largest absolute Gasteiger partial charge is 0.415 e. The van der Waals surface area contributed by atoms with Gasteiger partial charge in [-0.15, -0.1) is 0 Å². The molecule has 0 radical (unpaired) electrons. The maximum atomic E-state index is 13.9. The number of anilines is 1. The number of hydrogen-bond donors (Lipinski definition) is 0. The number of likely N-dealkylation sites (N-methyl/N-ethyl adjacent to an activating group) is 1. The number of benzene rings is 2. The lowest BCUT2D eigenvalue weighted by Crippen LogP contribution is -2.45. The van der Waals surface area contributed by atoms with Crippen LogP contribution in [-0.4, -0.2) is 66.1 Å². The van der Waals surface area contributed by atoms with Gasteiger partial charge in [0.05, 0.1) is 16.1 Å². The van der Waals surface area contributed by atoms with Crippen molar-refractivity contribution in [1.29, 1.82) is 0 Å². The lowest BCUT2D eigenvalue weighted by Gasteiger charge is -2.34. The highest BCUT2D eigenvalue weighted by Gasteiger charge is 2.42. The zero-order chi connectivity index (χ0) is 28.4. The third kappa shape index (κ3) is 6.15. The minimum Gasteiger partial charge on any atom is -0.410 e. The van der Waals surface area contributed by atoms with E-state index < -0.39 is 23.8 Å². The number of amides is 2. The third-order valence-corrected chi connectivity index (χ3v) is 8.17. The van der Waals surface area contributed by atoms with Crippen LogP contribution in [0, 0.1) is 17.6 Å². The Kier molecular flexibility index (Phi) is 8.42. The van der Waals surface area contributed by atoms with Crippen molar-refractivity contribution < 1.29 is 23.1 Å². The highest BCUT2D eigenvalue weighted by Crippen LogP contribution is 2.35. The number of piperidine rings is 1. The molecular weight excluding hydrogens is 561 g/mol. The number of rotatable bonds is 5. The van der Waals surface area contributed by atoms with Crippen molar-refractivity contribution in [1.82, 2.24) is 14.8 Å². The molecule has 7 nitrogen and oxygen atoms in total.